The highest BCUT2D eigenvalue weighted by Gasteiger charge is 2.31. The highest BCUT2D eigenvalue weighted by molar-refractivity contribution is 7.98. The zero-order valence-electron chi connectivity index (χ0n) is 20.6. The minimum atomic E-state index is -3.67. The van der Waals surface area contributed by atoms with E-state index in [0.717, 1.165) is 16.0 Å². The summed E-state index contributed by atoms with van der Waals surface area (Å²) < 4.78 is 44.4. The van der Waals surface area contributed by atoms with Gasteiger partial charge in [0.05, 0.1) is 13.7 Å². The summed E-state index contributed by atoms with van der Waals surface area (Å²) in [6.45, 7) is 4.27. The smallest absolute Gasteiger partial charge is 0.246 e. The van der Waals surface area contributed by atoms with Gasteiger partial charge in [-0.2, -0.15) is 4.31 Å². The largest absolute Gasteiger partial charge is 0.495 e. The molecule has 3 aromatic rings. The zero-order chi connectivity index (χ0) is 25.7. The van der Waals surface area contributed by atoms with Crippen molar-refractivity contribution < 1.29 is 22.3 Å². The average molecular weight is 531 g/mol. The predicted octanol–water partition coefficient (Wildman–Crippen LogP) is 3.76. The summed E-state index contributed by atoms with van der Waals surface area (Å²) in [6, 6.07) is 14.5. The van der Waals surface area contributed by atoms with E-state index >= 15 is 0 Å². The summed E-state index contributed by atoms with van der Waals surface area (Å²) in [7, 11) is -2.20. The molecule has 0 spiro atoms. The molecule has 8 nitrogen and oxygen atoms in total. The molecule has 0 unspecified atom stereocenters. The molecule has 0 radical (unpaired) electrons. The number of piperazine rings is 1. The Balaban J connectivity index is 1.33. The van der Waals surface area contributed by atoms with E-state index in [9.17, 15) is 13.2 Å². The summed E-state index contributed by atoms with van der Waals surface area (Å²) >= 11 is 1.66. The van der Waals surface area contributed by atoms with Crippen molar-refractivity contribution in [3.63, 3.8) is 0 Å². The Labute approximate surface area is 215 Å². The highest BCUT2D eigenvalue weighted by atomic mass is 32.2. The molecule has 2 heterocycles. The number of benzene rings is 2. The number of ether oxygens (including phenoxy) is 2. The van der Waals surface area contributed by atoms with E-state index in [1.54, 1.807) is 30.0 Å². The van der Waals surface area contributed by atoms with Crippen LogP contribution in [-0.4, -0.2) is 57.2 Å². The fourth-order valence-electron chi connectivity index (χ4n) is 3.98. The van der Waals surface area contributed by atoms with Gasteiger partial charge in [-0.15, -0.1) is 11.8 Å². The average Bonchev–Trinajstić information content (AvgIpc) is 2.88. The zero-order valence-corrected chi connectivity index (χ0v) is 22.2. The van der Waals surface area contributed by atoms with Crippen molar-refractivity contribution in [3.05, 3.63) is 81.9 Å². The lowest BCUT2D eigenvalue weighted by Crippen LogP contribution is -2.48. The molecule has 0 N–H and O–H groups in total. The lowest BCUT2D eigenvalue weighted by Gasteiger charge is -2.33. The standard InChI is InChI=1S/C26H30N2O6S2/c1-19-4-9-26(24(14-19)32-2)36(30,31)28-12-10-27(11-13-28)16-21-15-23(29)25(18-33-21)34-17-20-5-7-22(35-3)8-6-20/h4-9,14-15,18H,10-13,16-17H2,1-3H3. The van der Waals surface area contributed by atoms with Gasteiger partial charge in [0.2, 0.25) is 21.2 Å². The number of sulfonamides is 1. The number of hydrogen-bond donors (Lipinski definition) is 0. The molecule has 0 bridgehead atoms. The number of rotatable bonds is 9. The van der Waals surface area contributed by atoms with Gasteiger partial charge in [0.1, 0.15) is 29.3 Å². The third kappa shape index (κ3) is 6.12. The van der Waals surface area contributed by atoms with E-state index < -0.39 is 10.0 Å². The molecule has 4 rings (SSSR count). The number of methoxy groups -OCH3 is 1. The first-order chi connectivity index (χ1) is 17.3. The van der Waals surface area contributed by atoms with Crippen molar-refractivity contribution in [1.29, 1.82) is 0 Å². The van der Waals surface area contributed by atoms with Crippen LogP contribution in [0.2, 0.25) is 0 Å². The number of aryl methyl sites for hydroxylation is 1. The lowest BCUT2D eigenvalue weighted by atomic mass is 10.2. The molecule has 0 amide bonds. The van der Waals surface area contributed by atoms with Crippen LogP contribution >= 0.6 is 11.8 Å². The number of hydrogen-bond acceptors (Lipinski definition) is 8. The van der Waals surface area contributed by atoms with Crippen molar-refractivity contribution in [2.24, 2.45) is 0 Å². The van der Waals surface area contributed by atoms with Gasteiger partial charge >= 0.3 is 0 Å². The number of nitrogens with zero attached hydrogens (tertiary/aromatic N) is 2. The van der Waals surface area contributed by atoms with Gasteiger partial charge in [-0.05, 0) is 48.6 Å². The van der Waals surface area contributed by atoms with Crippen LogP contribution in [0.4, 0.5) is 0 Å². The first kappa shape index (κ1) is 26.3. The minimum Gasteiger partial charge on any atom is -0.495 e. The van der Waals surface area contributed by atoms with Gasteiger partial charge in [-0.1, -0.05) is 18.2 Å². The monoisotopic (exact) mass is 530 g/mol. The van der Waals surface area contributed by atoms with Crippen molar-refractivity contribution in [2.45, 2.75) is 29.9 Å². The third-order valence-electron chi connectivity index (χ3n) is 6.05. The van der Waals surface area contributed by atoms with E-state index in [0.29, 0.717) is 44.2 Å². The van der Waals surface area contributed by atoms with E-state index in [1.807, 2.05) is 37.4 Å². The summed E-state index contributed by atoms with van der Waals surface area (Å²) in [5, 5.41) is 0. The molecule has 0 aliphatic carbocycles. The molecule has 0 atom stereocenters. The second kappa shape index (κ2) is 11.5. The molecule has 10 heteroatoms. The Morgan fingerprint density at radius 3 is 2.36 bits per heavy atom. The Morgan fingerprint density at radius 1 is 1.00 bits per heavy atom. The van der Waals surface area contributed by atoms with Gasteiger partial charge in [-0.25, -0.2) is 8.42 Å². The molecule has 2 aromatic carbocycles. The van der Waals surface area contributed by atoms with Crippen molar-refractivity contribution in [3.8, 4) is 11.5 Å². The van der Waals surface area contributed by atoms with Gasteiger partial charge in [0, 0.05) is 37.1 Å². The maximum atomic E-state index is 13.2. The Kier molecular flexibility index (Phi) is 8.40. The molecule has 1 aliphatic heterocycles. The van der Waals surface area contributed by atoms with E-state index in [1.165, 1.54) is 23.7 Å². The first-order valence-corrected chi connectivity index (χ1v) is 14.2. The van der Waals surface area contributed by atoms with Crippen LogP contribution in [0, 0.1) is 6.92 Å². The van der Waals surface area contributed by atoms with Gasteiger partial charge < -0.3 is 13.9 Å². The SMILES string of the molecule is COc1cc(C)ccc1S(=O)(=O)N1CCN(Cc2cc(=O)c(OCc3ccc(SC)cc3)co2)CC1. The Morgan fingerprint density at radius 2 is 1.72 bits per heavy atom. The molecular formula is C26H30N2O6S2. The fourth-order valence-corrected chi connectivity index (χ4v) is 5.95. The summed E-state index contributed by atoms with van der Waals surface area (Å²) in [5.41, 5.74) is 1.65. The van der Waals surface area contributed by atoms with Crippen LogP contribution in [0.1, 0.15) is 16.9 Å². The van der Waals surface area contributed by atoms with Crippen LogP contribution < -0.4 is 14.9 Å². The number of thioether (sulfide) groups is 1. The van der Waals surface area contributed by atoms with Crippen LogP contribution in [-0.2, 0) is 23.2 Å². The van der Waals surface area contributed by atoms with Gasteiger partial charge in [0.25, 0.3) is 0 Å². The normalized spacial score (nSPS) is 15.1. The van der Waals surface area contributed by atoms with E-state index in [4.69, 9.17) is 13.9 Å². The molecule has 36 heavy (non-hydrogen) atoms. The van der Waals surface area contributed by atoms with Crippen LogP contribution in [0.15, 0.2) is 73.8 Å². The maximum Gasteiger partial charge on any atom is 0.246 e. The second-order valence-electron chi connectivity index (χ2n) is 8.55. The highest BCUT2D eigenvalue weighted by Crippen LogP contribution is 2.28. The van der Waals surface area contributed by atoms with Crippen molar-refractivity contribution in [2.75, 3.05) is 39.5 Å². The Bertz CT molecular complexity index is 1350. The second-order valence-corrected chi connectivity index (χ2v) is 11.3. The Hall–Kier alpha value is -2.79. The summed E-state index contributed by atoms with van der Waals surface area (Å²) in [5.74, 6) is 1.02. The molecule has 1 aromatic heterocycles. The van der Waals surface area contributed by atoms with Gasteiger partial charge in [-0.3, -0.25) is 9.69 Å². The van der Waals surface area contributed by atoms with Crippen LogP contribution in [0.3, 0.4) is 0 Å². The molecular weight excluding hydrogens is 500 g/mol. The maximum absolute atomic E-state index is 13.2. The first-order valence-electron chi connectivity index (χ1n) is 11.5. The summed E-state index contributed by atoms with van der Waals surface area (Å²) in [4.78, 5) is 15.9. The lowest BCUT2D eigenvalue weighted by molar-refractivity contribution is 0.168. The third-order valence-corrected chi connectivity index (χ3v) is 8.73. The quantitative estimate of drug-likeness (QED) is 0.387. The van der Waals surface area contributed by atoms with Crippen LogP contribution in [0.25, 0.3) is 0 Å². The van der Waals surface area contributed by atoms with Crippen molar-refractivity contribution in [1.82, 2.24) is 9.21 Å². The fraction of sp³-hybridized carbons (Fsp3) is 0.346. The topological polar surface area (TPSA) is 89.3 Å². The van der Waals surface area contributed by atoms with Crippen molar-refractivity contribution >= 4 is 21.8 Å². The molecule has 192 valence electrons. The molecule has 1 fully saturated rings. The molecule has 1 aliphatic rings. The van der Waals surface area contributed by atoms with E-state index in [-0.39, 0.29) is 22.7 Å². The van der Waals surface area contributed by atoms with Gasteiger partial charge in [0.15, 0.2) is 0 Å². The van der Waals surface area contributed by atoms with E-state index in [2.05, 4.69) is 4.90 Å². The summed E-state index contributed by atoms with van der Waals surface area (Å²) in [6.07, 6.45) is 3.36. The minimum absolute atomic E-state index is 0.163. The molecule has 1 saturated heterocycles. The van der Waals surface area contributed by atoms with Crippen LogP contribution in [0.5, 0.6) is 11.5 Å². The molecule has 0 saturated carbocycles. The predicted molar refractivity (Wildman–Crippen MR) is 139 cm³/mol.